The van der Waals surface area contributed by atoms with Crippen molar-refractivity contribution in [2.24, 2.45) is 0 Å². The van der Waals surface area contributed by atoms with Gasteiger partial charge in [-0.2, -0.15) is 0 Å². The molecule has 0 radical (unpaired) electrons. The third-order valence-electron chi connectivity index (χ3n) is 3.83. The Morgan fingerprint density at radius 1 is 1.45 bits per heavy atom. The van der Waals surface area contributed by atoms with Gasteiger partial charge in [0.15, 0.2) is 5.78 Å². The maximum atomic E-state index is 12.7. The number of ketones is 1. The molecule has 0 spiro atoms. The van der Waals surface area contributed by atoms with Crippen molar-refractivity contribution in [3.05, 3.63) is 29.8 Å². The molecular formula is C15H21FN2O2. The highest BCUT2D eigenvalue weighted by Crippen LogP contribution is 2.29. The van der Waals surface area contributed by atoms with Crippen LogP contribution in [0.15, 0.2) is 18.3 Å². The van der Waals surface area contributed by atoms with Crippen molar-refractivity contribution in [1.29, 1.82) is 0 Å². The summed E-state index contributed by atoms with van der Waals surface area (Å²) in [5, 5.41) is 10.3. The predicted molar refractivity (Wildman–Crippen MR) is 74.1 cm³/mol. The number of aromatic nitrogens is 1. The molecule has 0 aliphatic heterocycles. The maximum Gasteiger partial charge on any atom is 0.182 e. The number of nitrogens with zero attached hydrogens (tertiary/aromatic N) is 2. The molecule has 1 aromatic heterocycles. The Labute approximate surface area is 118 Å². The molecule has 1 saturated carbocycles. The maximum absolute atomic E-state index is 12.7. The van der Waals surface area contributed by atoms with Gasteiger partial charge < -0.3 is 10.0 Å². The summed E-state index contributed by atoms with van der Waals surface area (Å²) in [6.45, 7) is 1.16. The van der Waals surface area contributed by atoms with E-state index in [1.807, 2.05) is 11.9 Å². The zero-order chi connectivity index (χ0) is 14.6. The van der Waals surface area contributed by atoms with Gasteiger partial charge in [0.2, 0.25) is 0 Å². The molecule has 5 heteroatoms. The van der Waals surface area contributed by atoms with Crippen molar-refractivity contribution in [2.45, 2.75) is 37.7 Å². The van der Waals surface area contributed by atoms with Crippen LogP contribution in [0.2, 0.25) is 0 Å². The number of aliphatic hydroxyl groups is 1. The second-order valence-corrected chi connectivity index (χ2v) is 5.70. The van der Waals surface area contributed by atoms with Crippen molar-refractivity contribution in [1.82, 2.24) is 9.88 Å². The number of halogens is 1. The first-order valence-electron chi connectivity index (χ1n) is 7.04. The molecule has 1 N–H and O–H groups in total. The van der Waals surface area contributed by atoms with Crippen LogP contribution >= 0.6 is 0 Å². The third-order valence-corrected chi connectivity index (χ3v) is 3.83. The number of carbonyl (C=O) groups is 1. The number of hydrogen-bond acceptors (Lipinski definition) is 4. The lowest BCUT2D eigenvalue weighted by Gasteiger charge is -2.28. The fraction of sp³-hybridized carbons (Fsp3) is 0.600. The molecule has 1 aromatic rings. The van der Waals surface area contributed by atoms with E-state index in [1.54, 1.807) is 0 Å². The van der Waals surface area contributed by atoms with Crippen LogP contribution < -0.4 is 0 Å². The van der Waals surface area contributed by atoms with Crippen molar-refractivity contribution >= 4 is 5.78 Å². The topological polar surface area (TPSA) is 53.4 Å². The molecule has 20 heavy (non-hydrogen) atoms. The SMILES string of the molecule is CN(CCC(=O)c1ccc(F)cn1)CC1(O)CCCC1. The number of pyridine rings is 1. The van der Waals surface area contributed by atoms with Gasteiger partial charge in [0.25, 0.3) is 0 Å². The highest BCUT2D eigenvalue weighted by atomic mass is 19.1. The van der Waals surface area contributed by atoms with Gasteiger partial charge in [-0.05, 0) is 32.0 Å². The van der Waals surface area contributed by atoms with Crippen LogP contribution in [0.3, 0.4) is 0 Å². The minimum atomic E-state index is -0.591. The lowest BCUT2D eigenvalue weighted by Crippen LogP contribution is -2.39. The molecule has 0 bridgehead atoms. The van der Waals surface area contributed by atoms with Crippen molar-refractivity contribution in [3.8, 4) is 0 Å². The number of Topliss-reactive ketones (excluding diaryl/α,β-unsaturated/α-hetero) is 1. The van der Waals surface area contributed by atoms with Gasteiger partial charge in [-0.25, -0.2) is 4.39 Å². The highest BCUT2D eigenvalue weighted by molar-refractivity contribution is 5.94. The number of hydrogen-bond donors (Lipinski definition) is 1. The van der Waals surface area contributed by atoms with Gasteiger partial charge in [-0.1, -0.05) is 12.8 Å². The first kappa shape index (κ1) is 15.1. The number of likely N-dealkylation sites (N-methyl/N-ethyl adjacent to an activating group) is 1. The Bertz CT molecular complexity index is 455. The van der Waals surface area contributed by atoms with E-state index in [0.717, 1.165) is 31.9 Å². The van der Waals surface area contributed by atoms with Crippen LogP contribution in [0.25, 0.3) is 0 Å². The lowest BCUT2D eigenvalue weighted by molar-refractivity contribution is 0.0162. The van der Waals surface area contributed by atoms with Crippen molar-refractivity contribution < 1.29 is 14.3 Å². The average Bonchev–Trinajstić information content (AvgIpc) is 2.83. The molecule has 0 atom stereocenters. The third kappa shape index (κ3) is 4.08. The normalized spacial score (nSPS) is 17.6. The molecule has 1 heterocycles. The van der Waals surface area contributed by atoms with Gasteiger partial charge in [0.1, 0.15) is 11.5 Å². The zero-order valence-corrected chi connectivity index (χ0v) is 11.8. The molecule has 2 rings (SSSR count). The smallest absolute Gasteiger partial charge is 0.182 e. The van der Waals surface area contributed by atoms with Gasteiger partial charge in [0, 0.05) is 19.5 Å². The Morgan fingerprint density at radius 2 is 2.15 bits per heavy atom. The van der Waals surface area contributed by atoms with Gasteiger partial charge in [-0.15, -0.1) is 0 Å². The predicted octanol–water partition coefficient (Wildman–Crippen LogP) is 2.03. The Balaban J connectivity index is 1.79. The lowest BCUT2D eigenvalue weighted by atomic mass is 10.0. The van der Waals surface area contributed by atoms with E-state index in [-0.39, 0.29) is 5.78 Å². The van der Waals surface area contributed by atoms with E-state index in [1.165, 1.54) is 12.1 Å². The van der Waals surface area contributed by atoms with Crippen LogP contribution in [0.4, 0.5) is 4.39 Å². The number of rotatable bonds is 6. The molecule has 1 fully saturated rings. The minimum Gasteiger partial charge on any atom is -0.389 e. The van der Waals surface area contributed by atoms with Crippen LogP contribution in [0, 0.1) is 5.82 Å². The molecule has 0 amide bonds. The van der Waals surface area contributed by atoms with E-state index >= 15 is 0 Å². The molecule has 0 saturated heterocycles. The first-order valence-corrected chi connectivity index (χ1v) is 7.04. The summed E-state index contributed by atoms with van der Waals surface area (Å²) in [4.78, 5) is 17.7. The minimum absolute atomic E-state index is 0.102. The standard InChI is InChI=1S/C15H21FN2O2/c1-18(11-15(20)7-2-3-8-15)9-6-14(19)13-5-4-12(16)10-17-13/h4-5,10,20H,2-3,6-9,11H2,1H3. The summed E-state index contributed by atoms with van der Waals surface area (Å²) in [5.74, 6) is -0.544. The van der Waals surface area contributed by atoms with Gasteiger partial charge in [-0.3, -0.25) is 9.78 Å². The monoisotopic (exact) mass is 280 g/mol. The highest BCUT2D eigenvalue weighted by Gasteiger charge is 2.32. The zero-order valence-electron chi connectivity index (χ0n) is 11.8. The van der Waals surface area contributed by atoms with E-state index in [0.29, 0.717) is 25.2 Å². The first-order chi connectivity index (χ1) is 9.48. The quantitative estimate of drug-likeness (QED) is 0.810. The second-order valence-electron chi connectivity index (χ2n) is 5.70. The van der Waals surface area contributed by atoms with Gasteiger partial charge in [0.05, 0.1) is 11.8 Å². The van der Waals surface area contributed by atoms with E-state index in [4.69, 9.17) is 0 Å². The van der Waals surface area contributed by atoms with Crippen molar-refractivity contribution in [2.75, 3.05) is 20.1 Å². The molecule has 110 valence electrons. The molecule has 0 unspecified atom stereocenters. The van der Waals surface area contributed by atoms with Crippen molar-refractivity contribution in [3.63, 3.8) is 0 Å². The summed E-state index contributed by atoms with van der Waals surface area (Å²) in [6.07, 6.45) is 5.20. The largest absolute Gasteiger partial charge is 0.389 e. The van der Waals surface area contributed by atoms with Gasteiger partial charge >= 0.3 is 0 Å². The second kappa shape index (κ2) is 6.41. The molecular weight excluding hydrogens is 259 g/mol. The van der Waals surface area contributed by atoms with E-state index in [9.17, 15) is 14.3 Å². The summed E-state index contributed by atoms with van der Waals surface area (Å²) in [7, 11) is 1.90. The Kier molecular flexibility index (Phi) is 4.83. The summed E-state index contributed by atoms with van der Waals surface area (Å²) < 4.78 is 12.7. The number of carbonyl (C=O) groups excluding carboxylic acids is 1. The Hall–Kier alpha value is -1.33. The van der Waals surface area contributed by atoms with E-state index < -0.39 is 11.4 Å². The molecule has 1 aliphatic carbocycles. The van der Waals surface area contributed by atoms with Crippen LogP contribution in [-0.4, -0.2) is 46.5 Å². The Morgan fingerprint density at radius 3 is 2.75 bits per heavy atom. The summed E-state index contributed by atoms with van der Waals surface area (Å²) in [5.41, 5.74) is -0.300. The summed E-state index contributed by atoms with van der Waals surface area (Å²) >= 11 is 0. The molecule has 0 aromatic carbocycles. The van der Waals surface area contributed by atoms with E-state index in [2.05, 4.69) is 4.98 Å². The fourth-order valence-electron chi connectivity index (χ4n) is 2.73. The molecule has 4 nitrogen and oxygen atoms in total. The summed E-state index contributed by atoms with van der Waals surface area (Å²) in [6, 6.07) is 2.65. The van der Waals surface area contributed by atoms with Crippen LogP contribution in [0.5, 0.6) is 0 Å². The van der Waals surface area contributed by atoms with Crippen LogP contribution in [-0.2, 0) is 0 Å². The molecule has 1 aliphatic rings. The fourth-order valence-corrected chi connectivity index (χ4v) is 2.73. The van der Waals surface area contributed by atoms with Crippen LogP contribution in [0.1, 0.15) is 42.6 Å². The average molecular weight is 280 g/mol.